The van der Waals surface area contributed by atoms with Crippen LogP contribution in [0.4, 0.5) is 0 Å². The van der Waals surface area contributed by atoms with Crippen LogP contribution in [0.15, 0.2) is 18.2 Å². The molecule has 0 aliphatic heterocycles. The van der Waals surface area contributed by atoms with Gasteiger partial charge in [-0.05, 0) is 37.1 Å². The normalized spacial score (nSPS) is 11.6. The molecule has 6 nitrogen and oxygen atoms in total. The minimum atomic E-state index is -1.07. The van der Waals surface area contributed by atoms with Crippen LogP contribution in [0.1, 0.15) is 11.1 Å². The number of carbonyl (C=O) groups is 2. The van der Waals surface area contributed by atoms with E-state index in [9.17, 15) is 9.59 Å². The van der Waals surface area contributed by atoms with Gasteiger partial charge in [-0.3, -0.25) is 4.79 Å². The van der Waals surface area contributed by atoms with Gasteiger partial charge in [-0.25, -0.2) is 4.79 Å². The highest BCUT2D eigenvalue weighted by molar-refractivity contribution is 5.85. The molecule has 0 radical (unpaired) electrons. The van der Waals surface area contributed by atoms with Crippen LogP contribution in [-0.2, 0) is 14.3 Å². The van der Waals surface area contributed by atoms with E-state index in [2.05, 4.69) is 10.1 Å². The smallest absolute Gasteiger partial charge is 0.330 e. The first-order chi connectivity index (χ1) is 9.47. The van der Waals surface area contributed by atoms with Gasteiger partial charge < -0.3 is 19.9 Å². The van der Waals surface area contributed by atoms with E-state index in [1.54, 1.807) is 6.07 Å². The number of aliphatic hydroxyl groups is 1. The predicted octanol–water partition coefficient (Wildman–Crippen LogP) is 0.332. The van der Waals surface area contributed by atoms with E-state index in [1.165, 1.54) is 7.11 Å². The van der Waals surface area contributed by atoms with E-state index >= 15 is 0 Å². The molecule has 110 valence electrons. The molecular weight excluding hydrogens is 262 g/mol. The van der Waals surface area contributed by atoms with Gasteiger partial charge in [0.05, 0.1) is 13.7 Å². The average molecular weight is 281 g/mol. The SMILES string of the molecule is COC(=O)[C@H](CO)NC(=O)COc1ccc(C)c(C)c1. The van der Waals surface area contributed by atoms with Gasteiger partial charge in [0, 0.05) is 0 Å². The summed E-state index contributed by atoms with van der Waals surface area (Å²) < 4.78 is 9.76. The van der Waals surface area contributed by atoms with Crippen LogP contribution in [0.3, 0.4) is 0 Å². The van der Waals surface area contributed by atoms with E-state index in [4.69, 9.17) is 9.84 Å². The number of methoxy groups -OCH3 is 1. The number of nitrogens with one attached hydrogen (secondary N) is 1. The molecule has 1 aromatic carbocycles. The van der Waals surface area contributed by atoms with Gasteiger partial charge in [-0.1, -0.05) is 6.07 Å². The van der Waals surface area contributed by atoms with E-state index in [0.29, 0.717) is 5.75 Å². The molecule has 0 heterocycles. The quantitative estimate of drug-likeness (QED) is 0.734. The molecule has 1 atom stereocenters. The van der Waals surface area contributed by atoms with Gasteiger partial charge in [0.15, 0.2) is 12.6 Å². The Kier molecular flexibility index (Phi) is 5.99. The second kappa shape index (κ2) is 7.49. The minimum absolute atomic E-state index is 0.240. The molecular formula is C14H19NO5. The lowest BCUT2D eigenvalue weighted by Gasteiger charge is -2.14. The standard InChI is InChI=1S/C14H19NO5/c1-9-4-5-11(6-10(9)2)20-8-13(17)15-12(7-16)14(18)19-3/h4-6,12,16H,7-8H2,1-3H3,(H,15,17)/t12-/m0/s1. The van der Waals surface area contributed by atoms with Crippen LogP contribution >= 0.6 is 0 Å². The molecule has 0 unspecified atom stereocenters. The number of hydrogen-bond donors (Lipinski definition) is 2. The summed E-state index contributed by atoms with van der Waals surface area (Å²) in [5.74, 6) is -0.637. The Labute approximate surface area is 117 Å². The molecule has 0 saturated carbocycles. The lowest BCUT2D eigenvalue weighted by molar-refractivity contribution is -0.146. The second-order valence-corrected chi connectivity index (χ2v) is 4.36. The van der Waals surface area contributed by atoms with Gasteiger partial charge in [0.2, 0.25) is 0 Å². The number of amides is 1. The van der Waals surface area contributed by atoms with Crippen molar-refractivity contribution in [2.75, 3.05) is 20.3 Å². The van der Waals surface area contributed by atoms with Crippen LogP contribution in [0.25, 0.3) is 0 Å². The third-order valence-corrected chi connectivity index (χ3v) is 2.85. The molecule has 1 aromatic rings. The van der Waals surface area contributed by atoms with Crippen molar-refractivity contribution < 1.29 is 24.2 Å². The summed E-state index contributed by atoms with van der Waals surface area (Å²) in [5, 5.41) is 11.3. The summed E-state index contributed by atoms with van der Waals surface area (Å²) in [7, 11) is 1.18. The maximum Gasteiger partial charge on any atom is 0.330 e. The summed E-state index contributed by atoms with van der Waals surface area (Å²) in [4.78, 5) is 22.8. The fourth-order valence-electron chi connectivity index (χ4n) is 1.51. The van der Waals surface area contributed by atoms with Crippen molar-refractivity contribution in [3.63, 3.8) is 0 Å². The number of esters is 1. The number of rotatable bonds is 6. The molecule has 1 rings (SSSR count). The molecule has 20 heavy (non-hydrogen) atoms. The van der Waals surface area contributed by atoms with E-state index in [0.717, 1.165) is 11.1 Å². The first kappa shape index (κ1) is 16.0. The second-order valence-electron chi connectivity index (χ2n) is 4.36. The van der Waals surface area contributed by atoms with Crippen LogP contribution in [-0.4, -0.2) is 43.3 Å². The topological polar surface area (TPSA) is 84.9 Å². The Morgan fingerprint density at radius 1 is 1.30 bits per heavy atom. The zero-order valence-electron chi connectivity index (χ0n) is 11.8. The fourth-order valence-corrected chi connectivity index (χ4v) is 1.51. The predicted molar refractivity (Wildman–Crippen MR) is 72.4 cm³/mol. The lowest BCUT2D eigenvalue weighted by Crippen LogP contribution is -2.45. The summed E-state index contributed by atoms with van der Waals surface area (Å²) in [6, 6.07) is 4.41. The molecule has 1 amide bonds. The largest absolute Gasteiger partial charge is 0.484 e. The highest BCUT2D eigenvalue weighted by atomic mass is 16.5. The Bertz CT molecular complexity index is 486. The summed E-state index contributed by atoms with van der Waals surface area (Å²) in [5.41, 5.74) is 2.19. The van der Waals surface area contributed by atoms with Crippen molar-refractivity contribution in [3.8, 4) is 5.75 Å². The summed E-state index contributed by atoms with van der Waals surface area (Å²) in [6.45, 7) is 3.16. The number of benzene rings is 1. The third kappa shape index (κ3) is 4.55. The number of aryl methyl sites for hydroxylation is 2. The van der Waals surface area contributed by atoms with Crippen LogP contribution in [0.2, 0.25) is 0 Å². The van der Waals surface area contributed by atoms with Crippen molar-refractivity contribution in [2.24, 2.45) is 0 Å². The van der Waals surface area contributed by atoms with E-state index < -0.39 is 24.5 Å². The van der Waals surface area contributed by atoms with Gasteiger partial charge in [-0.15, -0.1) is 0 Å². The molecule has 0 fully saturated rings. The Morgan fingerprint density at radius 2 is 2.00 bits per heavy atom. The zero-order chi connectivity index (χ0) is 15.1. The molecule has 0 bridgehead atoms. The van der Waals surface area contributed by atoms with Crippen LogP contribution < -0.4 is 10.1 Å². The molecule has 0 aliphatic carbocycles. The maximum absolute atomic E-state index is 11.6. The van der Waals surface area contributed by atoms with E-state index in [1.807, 2.05) is 26.0 Å². The first-order valence-electron chi connectivity index (χ1n) is 6.16. The Morgan fingerprint density at radius 3 is 2.55 bits per heavy atom. The maximum atomic E-state index is 11.6. The average Bonchev–Trinajstić information content (AvgIpc) is 2.45. The van der Waals surface area contributed by atoms with Crippen molar-refractivity contribution in [3.05, 3.63) is 29.3 Å². The van der Waals surface area contributed by atoms with Gasteiger partial charge >= 0.3 is 5.97 Å². The highest BCUT2D eigenvalue weighted by Gasteiger charge is 2.20. The molecule has 6 heteroatoms. The number of aliphatic hydroxyl groups excluding tert-OH is 1. The van der Waals surface area contributed by atoms with Gasteiger partial charge in [0.1, 0.15) is 5.75 Å². The Hall–Kier alpha value is -2.08. The minimum Gasteiger partial charge on any atom is -0.484 e. The number of carbonyl (C=O) groups excluding carboxylic acids is 2. The van der Waals surface area contributed by atoms with Gasteiger partial charge in [0.25, 0.3) is 5.91 Å². The van der Waals surface area contributed by atoms with E-state index in [-0.39, 0.29) is 6.61 Å². The van der Waals surface area contributed by atoms with Crippen LogP contribution in [0, 0.1) is 13.8 Å². The number of hydrogen-bond acceptors (Lipinski definition) is 5. The van der Waals surface area contributed by atoms with Crippen LogP contribution in [0.5, 0.6) is 5.75 Å². The zero-order valence-corrected chi connectivity index (χ0v) is 11.8. The monoisotopic (exact) mass is 281 g/mol. The van der Waals surface area contributed by atoms with Crippen molar-refractivity contribution in [2.45, 2.75) is 19.9 Å². The molecule has 0 aromatic heterocycles. The van der Waals surface area contributed by atoms with Crippen molar-refractivity contribution in [1.82, 2.24) is 5.32 Å². The molecule has 0 saturated heterocycles. The van der Waals surface area contributed by atoms with Crippen molar-refractivity contribution >= 4 is 11.9 Å². The Balaban J connectivity index is 2.50. The molecule has 0 spiro atoms. The van der Waals surface area contributed by atoms with Crippen molar-refractivity contribution in [1.29, 1.82) is 0 Å². The molecule has 2 N–H and O–H groups in total. The summed E-state index contributed by atoms with van der Waals surface area (Å²) >= 11 is 0. The fraction of sp³-hybridized carbons (Fsp3) is 0.429. The number of ether oxygens (including phenoxy) is 2. The molecule has 0 aliphatic rings. The summed E-state index contributed by atoms with van der Waals surface area (Å²) in [6.07, 6.45) is 0. The third-order valence-electron chi connectivity index (χ3n) is 2.85. The van der Waals surface area contributed by atoms with Gasteiger partial charge in [-0.2, -0.15) is 0 Å². The lowest BCUT2D eigenvalue weighted by atomic mass is 10.1. The highest BCUT2D eigenvalue weighted by Crippen LogP contribution is 2.16. The first-order valence-corrected chi connectivity index (χ1v) is 6.16.